The summed E-state index contributed by atoms with van der Waals surface area (Å²) >= 11 is 5.36. The Morgan fingerprint density at radius 3 is 2.50 bits per heavy atom. The SMILES string of the molecule is C=C([SiH2]Cl)C(=O)OC. The lowest BCUT2D eigenvalue weighted by atomic mass is 10.6. The first-order valence-corrected chi connectivity index (χ1v) is 4.89. The van der Waals surface area contributed by atoms with Crippen LogP contribution in [0.3, 0.4) is 0 Å². The van der Waals surface area contributed by atoms with Crippen LogP contribution in [-0.2, 0) is 9.53 Å². The van der Waals surface area contributed by atoms with E-state index in [0.29, 0.717) is 5.20 Å². The van der Waals surface area contributed by atoms with Gasteiger partial charge in [-0.25, -0.2) is 4.79 Å². The van der Waals surface area contributed by atoms with Crippen LogP contribution in [0.1, 0.15) is 0 Å². The van der Waals surface area contributed by atoms with Crippen molar-refractivity contribution in [3.63, 3.8) is 0 Å². The zero-order valence-corrected chi connectivity index (χ0v) is 6.78. The fraction of sp³-hybridized carbons (Fsp3) is 0.250. The summed E-state index contributed by atoms with van der Waals surface area (Å²) in [5.41, 5.74) is 0. The lowest BCUT2D eigenvalue weighted by Crippen LogP contribution is -2.05. The third-order valence-corrected chi connectivity index (χ3v) is 2.21. The number of esters is 1. The molecule has 4 heteroatoms. The van der Waals surface area contributed by atoms with E-state index < -0.39 is 8.83 Å². The van der Waals surface area contributed by atoms with E-state index in [1.54, 1.807) is 0 Å². The van der Waals surface area contributed by atoms with Crippen molar-refractivity contribution < 1.29 is 9.53 Å². The Kier molecular flexibility index (Phi) is 3.56. The molecule has 0 atom stereocenters. The first-order valence-electron chi connectivity index (χ1n) is 2.04. The minimum atomic E-state index is -0.917. The molecule has 0 saturated heterocycles. The molecule has 0 radical (unpaired) electrons. The van der Waals surface area contributed by atoms with E-state index in [0.717, 1.165) is 0 Å². The zero-order valence-electron chi connectivity index (χ0n) is 4.61. The number of halogens is 1. The molecule has 0 spiro atoms. The number of carbonyl (C=O) groups excluding carboxylic acids is 1. The van der Waals surface area contributed by atoms with Gasteiger partial charge in [0.15, 0.2) is 8.83 Å². The van der Waals surface area contributed by atoms with E-state index in [1.165, 1.54) is 7.11 Å². The first-order chi connectivity index (χ1) is 3.72. The van der Waals surface area contributed by atoms with Gasteiger partial charge in [0.2, 0.25) is 0 Å². The van der Waals surface area contributed by atoms with Gasteiger partial charge in [-0.1, -0.05) is 6.58 Å². The standard InChI is InChI=1S/C4H7ClO2Si/c1-3(8-5)4(6)7-2/h1,8H2,2H3. The third kappa shape index (κ3) is 2.14. The smallest absolute Gasteiger partial charge is 0.329 e. The molecule has 46 valence electrons. The summed E-state index contributed by atoms with van der Waals surface area (Å²) in [7, 11) is 0.397. The Labute approximate surface area is 55.0 Å². The van der Waals surface area contributed by atoms with Gasteiger partial charge in [-0.05, 0) is 0 Å². The maximum Gasteiger partial charge on any atom is 0.329 e. The Balaban J connectivity index is 3.64. The Bertz CT molecular complexity index is 98.6. The highest BCUT2D eigenvalue weighted by atomic mass is 35.6. The largest absolute Gasteiger partial charge is 0.466 e. The van der Waals surface area contributed by atoms with Crippen molar-refractivity contribution in [1.29, 1.82) is 0 Å². The van der Waals surface area contributed by atoms with E-state index in [2.05, 4.69) is 11.3 Å². The second-order valence-electron chi connectivity index (χ2n) is 1.23. The molecule has 0 unspecified atom stereocenters. The summed E-state index contributed by atoms with van der Waals surface area (Å²) in [5.74, 6) is -0.383. The van der Waals surface area contributed by atoms with Crippen LogP contribution in [0.5, 0.6) is 0 Å². The number of carbonyl (C=O) groups is 1. The molecule has 2 nitrogen and oxygen atoms in total. The number of ether oxygens (including phenoxy) is 1. The van der Waals surface area contributed by atoms with E-state index in [9.17, 15) is 4.79 Å². The Morgan fingerprint density at radius 1 is 1.88 bits per heavy atom. The highest BCUT2D eigenvalue weighted by Crippen LogP contribution is 1.91. The van der Waals surface area contributed by atoms with Crippen LogP contribution in [0, 0.1) is 0 Å². The fourth-order valence-corrected chi connectivity index (χ4v) is 0.780. The van der Waals surface area contributed by atoms with Gasteiger partial charge in [0.25, 0.3) is 0 Å². The van der Waals surface area contributed by atoms with Gasteiger partial charge in [0, 0.05) is 5.20 Å². The molecule has 0 bridgehead atoms. The summed E-state index contributed by atoms with van der Waals surface area (Å²) in [6, 6.07) is 0. The van der Waals surface area contributed by atoms with E-state index in [4.69, 9.17) is 11.1 Å². The van der Waals surface area contributed by atoms with Crippen LogP contribution < -0.4 is 0 Å². The summed E-state index contributed by atoms with van der Waals surface area (Å²) < 4.78 is 4.31. The number of hydrogen-bond acceptors (Lipinski definition) is 2. The molecule has 0 rings (SSSR count). The highest BCUT2D eigenvalue weighted by Gasteiger charge is 2.02. The maximum absolute atomic E-state index is 10.4. The molecule has 0 amide bonds. The molecule has 0 aliphatic rings. The molecular formula is C4H7ClO2Si. The first kappa shape index (κ1) is 7.72. The summed E-state index contributed by atoms with van der Waals surface area (Å²) in [4.78, 5) is 10.4. The van der Waals surface area contributed by atoms with Gasteiger partial charge in [0.05, 0.1) is 7.11 Å². The van der Waals surface area contributed by atoms with Crippen LogP contribution in [0.2, 0.25) is 0 Å². The van der Waals surface area contributed by atoms with Crippen molar-refractivity contribution in [2.45, 2.75) is 0 Å². The molecule has 8 heavy (non-hydrogen) atoms. The van der Waals surface area contributed by atoms with Crippen molar-refractivity contribution >= 4 is 25.9 Å². The second kappa shape index (κ2) is 3.69. The average Bonchev–Trinajstić information content (AvgIpc) is 1.84. The van der Waals surface area contributed by atoms with Gasteiger partial charge in [0.1, 0.15) is 0 Å². The molecule has 0 fully saturated rings. The fourth-order valence-electron chi connectivity index (χ4n) is 0.199. The molecular weight excluding hydrogens is 144 g/mol. The van der Waals surface area contributed by atoms with Crippen LogP contribution in [0.25, 0.3) is 0 Å². The topological polar surface area (TPSA) is 26.3 Å². The Morgan fingerprint density at radius 2 is 2.38 bits per heavy atom. The van der Waals surface area contributed by atoms with Crippen LogP contribution in [-0.4, -0.2) is 21.9 Å². The monoisotopic (exact) mass is 150 g/mol. The minimum absolute atomic E-state index is 0.383. The van der Waals surface area contributed by atoms with Gasteiger partial charge >= 0.3 is 5.97 Å². The van der Waals surface area contributed by atoms with Gasteiger partial charge in [-0.15, -0.1) is 0 Å². The maximum atomic E-state index is 10.4. The van der Waals surface area contributed by atoms with Crippen molar-refractivity contribution in [2.24, 2.45) is 0 Å². The normalized spacial score (nSPS) is 9.75. The summed E-state index contributed by atoms with van der Waals surface area (Å²) in [6.07, 6.45) is 0. The van der Waals surface area contributed by atoms with Crippen LogP contribution in [0.4, 0.5) is 0 Å². The summed E-state index contributed by atoms with van der Waals surface area (Å²) in [5, 5.41) is 0.425. The molecule has 0 aromatic carbocycles. The van der Waals surface area contributed by atoms with E-state index in [1.807, 2.05) is 0 Å². The molecule has 0 N–H and O–H groups in total. The van der Waals surface area contributed by atoms with Crippen molar-refractivity contribution in [2.75, 3.05) is 7.11 Å². The predicted octanol–water partition coefficient (Wildman–Crippen LogP) is -0.00430. The minimum Gasteiger partial charge on any atom is -0.466 e. The molecule has 0 heterocycles. The quantitative estimate of drug-likeness (QED) is 0.240. The lowest BCUT2D eigenvalue weighted by Gasteiger charge is -1.94. The van der Waals surface area contributed by atoms with Crippen LogP contribution >= 0.6 is 11.1 Å². The van der Waals surface area contributed by atoms with E-state index >= 15 is 0 Å². The third-order valence-electron chi connectivity index (χ3n) is 0.635. The van der Waals surface area contributed by atoms with Gasteiger partial charge in [-0.2, -0.15) is 11.1 Å². The second-order valence-corrected chi connectivity index (χ2v) is 3.15. The van der Waals surface area contributed by atoms with Crippen molar-refractivity contribution in [3.05, 3.63) is 11.8 Å². The molecule has 0 aromatic rings. The zero-order chi connectivity index (χ0) is 6.57. The molecule has 0 aliphatic carbocycles. The van der Waals surface area contributed by atoms with Gasteiger partial charge in [-0.3, -0.25) is 0 Å². The van der Waals surface area contributed by atoms with Crippen molar-refractivity contribution in [3.8, 4) is 0 Å². The lowest BCUT2D eigenvalue weighted by molar-refractivity contribution is -0.135. The predicted molar refractivity (Wildman–Crippen MR) is 35.6 cm³/mol. The Hall–Kier alpha value is -0.283. The van der Waals surface area contributed by atoms with Gasteiger partial charge < -0.3 is 4.74 Å². The van der Waals surface area contributed by atoms with Crippen molar-refractivity contribution in [1.82, 2.24) is 0 Å². The van der Waals surface area contributed by atoms with Crippen LogP contribution in [0.15, 0.2) is 11.8 Å². The highest BCUT2D eigenvalue weighted by molar-refractivity contribution is 6.99. The molecule has 0 saturated carbocycles. The summed E-state index contributed by atoms with van der Waals surface area (Å²) in [6.45, 7) is 3.40. The van der Waals surface area contributed by atoms with E-state index in [-0.39, 0.29) is 5.97 Å². The number of methoxy groups -OCH3 is 1. The number of rotatable bonds is 2. The molecule has 0 aliphatic heterocycles. The molecule has 0 aromatic heterocycles. The number of hydrogen-bond donors (Lipinski definition) is 0. The average molecular weight is 151 g/mol.